The summed E-state index contributed by atoms with van der Waals surface area (Å²) in [5.41, 5.74) is 0.600. The Labute approximate surface area is 130 Å². The van der Waals surface area contributed by atoms with Crippen LogP contribution in [0, 0.1) is 0 Å². The number of aromatic nitrogens is 1. The summed E-state index contributed by atoms with van der Waals surface area (Å²) in [4.78, 5) is 4.11. The first-order valence-corrected chi connectivity index (χ1v) is 8.82. The second-order valence-electron chi connectivity index (χ2n) is 4.26. The van der Waals surface area contributed by atoms with Gasteiger partial charge in [0.2, 0.25) is 5.88 Å². The van der Waals surface area contributed by atoms with E-state index in [9.17, 15) is 8.42 Å². The third kappa shape index (κ3) is 4.47. The quantitative estimate of drug-likeness (QED) is 0.813. The highest BCUT2D eigenvalue weighted by Crippen LogP contribution is 2.29. The lowest BCUT2D eigenvalue weighted by Gasteiger charge is -2.08. The maximum absolute atomic E-state index is 11.2. The van der Waals surface area contributed by atoms with Crippen LogP contribution in [0.1, 0.15) is 5.56 Å². The van der Waals surface area contributed by atoms with E-state index in [4.69, 9.17) is 16.3 Å². The number of pyridine rings is 1. The highest BCUT2D eigenvalue weighted by Gasteiger charge is 2.10. The third-order valence-corrected chi connectivity index (χ3v) is 4.00. The van der Waals surface area contributed by atoms with Gasteiger partial charge in [0.1, 0.15) is 5.75 Å². The molecular weight excluding hydrogens is 366 g/mol. The van der Waals surface area contributed by atoms with E-state index in [1.54, 1.807) is 30.3 Å². The number of halogens is 2. The minimum Gasteiger partial charge on any atom is -0.438 e. The van der Waals surface area contributed by atoms with Gasteiger partial charge in [-0.25, -0.2) is 13.4 Å². The SMILES string of the molecule is CS(=O)(=O)Cc1cnc(Oc2ccc(Cl)cc2)c(Br)c1. The Bertz CT molecular complexity index is 717. The second kappa shape index (κ2) is 6.11. The molecule has 0 saturated carbocycles. The third-order valence-electron chi connectivity index (χ3n) is 2.32. The zero-order valence-corrected chi connectivity index (χ0v) is 13.7. The number of sulfone groups is 1. The Kier molecular flexibility index (Phi) is 4.67. The molecule has 2 aromatic rings. The van der Waals surface area contributed by atoms with Crippen molar-refractivity contribution in [3.63, 3.8) is 0 Å². The van der Waals surface area contributed by atoms with Gasteiger partial charge < -0.3 is 4.74 Å². The maximum Gasteiger partial charge on any atom is 0.233 e. The molecule has 0 radical (unpaired) electrons. The van der Waals surface area contributed by atoms with E-state index in [0.29, 0.717) is 26.7 Å². The van der Waals surface area contributed by atoms with Gasteiger partial charge in [-0.2, -0.15) is 0 Å². The second-order valence-corrected chi connectivity index (χ2v) is 7.69. The molecule has 0 bridgehead atoms. The van der Waals surface area contributed by atoms with Crippen LogP contribution in [0.4, 0.5) is 0 Å². The molecule has 106 valence electrons. The predicted octanol–water partition coefficient (Wildman–Crippen LogP) is 3.83. The van der Waals surface area contributed by atoms with Crippen LogP contribution in [0.25, 0.3) is 0 Å². The first kappa shape index (κ1) is 15.3. The average Bonchev–Trinajstić information content (AvgIpc) is 2.33. The summed E-state index contributed by atoms with van der Waals surface area (Å²) in [7, 11) is -3.09. The maximum atomic E-state index is 11.2. The molecule has 20 heavy (non-hydrogen) atoms. The van der Waals surface area contributed by atoms with Crippen molar-refractivity contribution in [3.8, 4) is 11.6 Å². The van der Waals surface area contributed by atoms with E-state index < -0.39 is 9.84 Å². The van der Waals surface area contributed by atoms with Crippen molar-refractivity contribution < 1.29 is 13.2 Å². The Balaban J connectivity index is 2.19. The van der Waals surface area contributed by atoms with Gasteiger partial charge in [-0.15, -0.1) is 0 Å². The predicted molar refractivity (Wildman–Crippen MR) is 82.0 cm³/mol. The fraction of sp³-hybridized carbons (Fsp3) is 0.154. The Morgan fingerprint density at radius 2 is 1.95 bits per heavy atom. The van der Waals surface area contributed by atoms with Crippen LogP contribution in [-0.2, 0) is 15.6 Å². The van der Waals surface area contributed by atoms with Crippen LogP contribution in [0.2, 0.25) is 5.02 Å². The zero-order valence-electron chi connectivity index (χ0n) is 10.5. The van der Waals surface area contributed by atoms with Crippen LogP contribution in [0.5, 0.6) is 11.6 Å². The number of hydrogen-bond donors (Lipinski definition) is 0. The molecule has 0 saturated heterocycles. The first-order chi connectivity index (χ1) is 9.33. The zero-order chi connectivity index (χ0) is 14.8. The van der Waals surface area contributed by atoms with Gasteiger partial charge in [0.25, 0.3) is 0 Å². The molecule has 2 rings (SSSR count). The summed E-state index contributed by atoms with van der Waals surface area (Å²) in [6.45, 7) is 0. The smallest absolute Gasteiger partial charge is 0.233 e. The van der Waals surface area contributed by atoms with Crippen molar-refractivity contribution in [1.29, 1.82) is 0 Å². The monoisotopic (exact) mass is 375 g/mol. The Hall–Kier alpha value is -1.11. The molecule has 1 aromatic heterocycles. The lowest BCUT2D eigenvalue weighted by molar-refractivity contribution is 0.459. The molecule has 1 heterocycles. The van der Waals surface area contributed by atoms with E-state index in [-0.39, 0.29) is 5.75 Å². The summed E-state index contributed by atoms with van der Waals surface area (Å²) in [6, 6.07) is 8.55. The molecule has 1 aromatic carbocycles. The lowest BCUT2D eigenvalue weighted by atomic mass is 10.3. The molecule has 0 spiro atoms. The van der Waals surface area contributed by atoms with Crippen LogP contribution in [0.15, 0.2) is 41.0 Å². The normalized spacial score (nSPS) is 11.3. The van der Waals surface area contributed by atoms with Crippen molar-refractivity contribution in [2.45, 2.75) is 5.75 Å². The molecule has 0 aliphatic carbocycles. The van der Waals surface area contributed by atoms with Gasteiger partial charge in [-0.1, -0.05) is 11.6 Å². The van der Waals surface area contributed by atoms with Gasteiger partial charge in [0.05, 0.1) is 10.2 Å². The van der Waals surface area contributed by atoms with Crippen molar-refractivity contribution in [3.05, 3.63) is 51.6 Å². The lowest BCUT2D eigenvalue weighted by Crippen LogP contribution is -2.01. The largest absolute Gasteiger partial charge is 0.438 e. The molecule has 0 unspecified atom stereocenters. The number of rotatable bonds is 4. The molecule has 0 N–H and O–H groups in total. The van der Waals surface area contributed by atoms with Gasteiger partial charge in [-0.05, 0) is 51.8 Å². The summed E-state index contributed by atoms with van der Waals surface area (Å²) < 4.78 is 28.6. The fourth-order valence-corrected chi connectivity index (χ4v) is 2.90. The van der Waals surface area contributed by atoms with Gasteiger partial charge in [-0.3, -0.25) is 0 Å². The van der Waals surface area contributed by atoms with Crippen LogP contribution in [-0.4, -0.2) is 19.7 Å². The minimum absolute atomic E-state index is 0.0557. The molecule has 0 aliphatic rings. The van der Waals surface area contributed by atoms with Crippen molar-refractivity contribution >= 4 is 37.4 Å². The first-order valence-electron chi connectivity index (χ1n) is 5.59. The highest BCUT2D eigenvalue weighted by atomic mass is 79.9. The highest BCUT2D eigenvalue weighted by molar-refractivity contribution is 9.10. The topological polar surface area (TPSA) is 56.3 Å². The molecule has 0 atom stereocenters. The molecule has 4 nitrogen and oxygen atoms in total. The Morgan fingerprint density at radius 3 is 2.50 bits per heavy atom. The summed E-state index contributed by atoms with van der Waals surface area (Å²) in [5, 5.41) is 0.618. The molecule has 0 amide bonds. The number of hydrogen-bond acceptors (Lipinski definition) is 4. The van der Waals surface area contributed by atoms with E-state index >= 15 is 0 Å². The summed E-state index contributed by atoms with van der Waals surface area (Å²) >= 11 is 9.11. The van der Waals surface area contributed by atoms with Crippen LogP contribution in [0.3, 0.4) is 0 Å². The van der Waals surface area contributed by atoms with Gasteiger partial charge in [0, 0.05) is 17.5 Å². The van der Waals surface area contributed by atoms with Gasteiger partial charge >= 0.3 is 0 Å². The molecular formula is C13H11BrClNO3S. The fourth-order valence-electron chi connectivity index (χ4n) is 1.54. The molecule has 0 aliphatic heterocycles. The number of ether oxygens (including phenoxy) is 1. The van der Waals surface area contributed by atoms with Gasteiger partial charge in [0.15, 0.2) is 9.84 Å². The van der Waals surface area contributed by atoms with Crippen molar-refractivity contribution in [2.75, 3.05) is 6.26 Å². The summed E-state index contributed by atoms with van der Waals surface area (Å²) in [6.07, 6.45) is 2.66. The van der Waals surface area contributed by atoms with E-state index in [2.05, 4.69) is 20.9 Å². The minimum atomic E-state index is -3.09. The van der Waals surface area contributed by atoms with Crippen LogP contribution < -0.4 is 4.74 Å². The van der Waals surface area contributed by atoms with Crippen LogP contribution >= 0.6 is 27.5 Å². The van der Waals surface area contributed by atoms with E-state index in [1.165, 1.54) is 12.5 Å². The molecule has 7 heteroatoms. The Morgan fingerprint density at radius 1 is 1.30 bits per heavy atom. The standard InChI is InChI=1S/C13H11BrClNO3S/c1-20(17,18)8-9-6-12(14)13(16-7-9)19-11-4-2-10(15)3-5-11/h2-7H,8H2,1H3. The number of benzene rings is 1. The van der Waals surface area contributed by atoms with E-state index in [0.717, 1.165) is 0 Å². The number of nitrogens with zero attached hydrogens (tertiary/aromatic N) is 1. The van der Waals surface area contributed by atoms with Crippen molar-refractivity contribution in [2.24, 2.45) is 0 Å². The summed E-state index contributed by atoms with van der Waals surface area (Å²) in [5.74, 6) is 0.905. The average molecular weight is 377 g/mol. The van der Waals surface area contributed by atoms with Crippen molar-refractivity contribution in [1.82, 2.24) is 4.98 Å². The molecule has 0 fully saturated rings. The van der Waals surface area contributed by atoms with E-state index in [1.807, 2.05) is 0 Å².